The summed E-state index contributed by atoms with van der Waals surface area (Å²) >= 11 is 0. The van der Waals surface area contributed by atoms with Crippen LogP contribution in [0.25, 0.3) is 0 Å². The minimum absolute atomic E-state index is 0.103. The number of rotatable bonds is 8. The van der Waals surface area contributed by atoms with Crippen molar-refractivity contribution in [3.05, 3.63) is 0 Å². The standard InChI is InChI=1S/C29H54N2O/c1-19(2)7-6-8-20(3)23-9-10-24-22-18-27(32)26-17-21(31-16-15-30)11-13-29(26,5)25(22)12-14-28(23,24)4/h19-27,31-32H,6-18,30H2,1-5H3/t20-,21+,22?,23?,24?,25?,26-,27-,28-,29-/m1/s1. The molecule has 4 fully saturated rings. The van der Waals surface area contributed by atoms with E-state index in [9.17, 15) is 5.11 Å². The molecule has 0 aromatic heterocycles. The number of hydrogen-bond donors (Lipinski definition) is 3. The van der Waals surface area contributed by atoms with E-state index in [1.54, 1.807) is 0 Å². The van der Waals surface area contributed by atoms with E-state index in [1.165, 1.54) is 57.8 Å². The molecule has 0 aliphatic heterocycles. The summed E-state index contributed by atoms with van der Waals surface area (Å²) in [5, 5.41) is 15.1. The lowest BCUT2D eigenvalue weighted by atomic mass is 9.43. The molecule has 4 aliphatic carbocycles. The number of aliphatic hydroxyl groups is 1. The van der Waals surface area contributed by atoms with Gasteiger partial charge >= 0.3 is 0 Å². The highest BCUT2D eigenvalue weighted by Gasteiger charge is 2.62. The van der Waals surface area contributed by atoms with Gasteiger partial charge < -0.3 is 16.2 Å². The van der Waals surface area contributed by atoms with Crippen molar-refractivity contribution >= 4 is 0 Å². The Morgan fingerprint density at radius 1 is 0.906 bits per heavy atom. The Hall–Kier alpha value is -0.120. The van der Waals surface area contributed by atoms with Crippen LogP contribution in [0.3, 0.4) is 0 Å². The normalized spacial score (nSPS) is 47.1. The van der Waals surface area contributed by atoms with Crippen LogP contribution in [0.5, 0.6) is 0 Å². The molecule has 3 heteroatoms. The third-order valence-electron chi connectivity index (χ3n) is 11.5. The van der Waals surface area contributed by atoms with E-state index >= 15 is 0 Å². The molecule has 0 spiro atoms. The van der Waals surface area contributed by atoms with Crippen molar-refractivity contribution < 1.29 is 5.11 Å². The van der Waals surface area contributed by atoms with Gasteiger partial charge in [0, 0.05) is 19.1 Å². The molecule has 0 amide bonds. The quantitative estimate of drug-likeness (QED) is 0.429. The first-order chi connectivity index (χ1) is 15.2. The SMILES string of the molecule is CC(C)CCC[C@@H](C)C1CCC2C3C[C@@H](O)[C@H]4C[C@@H](NCCN)CC[C@]4(C)C3CC[C@@]21C. The van der Waals surface area contributed by atoms with Gasteiger partial charge in [0.1, 0.15) is 0 Å². The van der Waals surface area contributed by atoms with Crippen LogP contribution in [0, 0.1) is 52.3 Å². The van der Waals surface area contributed by atoms with Crippen LogP contribution in [-0.4, -0.2) is 30.3 Å². The van der Waals surface area contributed by atoms with E-state index in [2.05, 4.69) is 39.9 Å². The lowest BCUT2D eigenvalue weighted by molar-refractivity contribution is -0.162. The van der Waals surface area contributed by atoms with Crippen LogP contribution in [0.15, 0.2) is 0 Å². The molecule has 4 saturated carbocycles. The predicted molar refractivity (Wildman–Crippen MR) is 135 cm³/mol. The lowest BCUT2D eigenvalue weighted by Crippen LogP contribution is -2.59. The van der Waals surface area contributed by atoms with Gasteiger partial charge in [0.05, 0.1) is 6.10 Å². The van der Waals surface area contributed by atoms with Gasteiger partial charge in [-0.3, -0.25) is 0 Å². The van der Waals surface area contributed by atoms with E-state index in [0.29, 0.717) is 29.3 Å². The summed E-state index contributed by atoms with van der Waals surface area (Å²) in [5.74, 6) is 5.51. The van der Waals surface area contributed by atoms with Gasteiger partial charge in [-0.05, 0) is 104 Å². The van der Waals surface area contributed by atoms with Crippen LogP contribution in [0.1, 0.15) is 105 Å². The van der Waals surface area contributed by atoms with Gasteiger partial charge in [-0.1, -0.05) is 53.9 Å². The average molecular weight is 447 g/mol. The van der Waals surface area contributed by atoms with Crippen molar-refractivity contribution in [3.8, 4) is 0 Å². The zero-order chi connectivity index (χ0) is 23.1. The summed E-state index contributed by atoms with van der Waals surface area (Å²) in [6.45, 7) is 14.1. The summed E-state index contributed by atoms with van der Waals surface area (Å²) in [6, 6.07) is 0.555. The molecular formula is C29H54N2O. The molecule has 10 atom stereocenters. The molecule has 4 rings (SSSR count). The van der Waals surface area contributed by atoms with Crippen molar-refractivity contribution in [2.24, 2.45) is 58.0 Å². The van der Waals surface area contributed by atoms with E-state index in [-0.39, 0.29) is 6.10 Å². The minimum Gasteiger partial charge on any atom is -0.393 e. The summed E-state index contributed by atoms with van der Waals surface area (Å²) < 4.78 is 0. The number of nitrogens with two attached hydrogens (primary N) is 1. The van der Waals surface area contributed by atoms with Gasteiger partial charge in [0.2, 0.25) is 0 Å². The van der Waals surface area contributed by atoms with Gasteiger partial charge in [-0.2, -0.15) is 0 Å². The second-order valence-corrected chi connectivity index (χ2v) is 13.5. The van der Waals surface area contributed by atoms with Crippen LogP contribution >= 0.6 is 0 Å². The maximum atomic E-state index is 11.4. The Morgan fingerprint density at radius 2 is 1.62 bits per heavy atom. The van der Waals surface area contributed by atoms with Crippen molar-refractivity contribution in [2.45, 2.75) is 117 Å². The summed E-state index contributed by atoms with van der Waals surface area (Å²) in [6.07, 6.45) is 14.6. The zero-order valence-corrected chi connectivity index (χ0v) is 21.9. The molecule has 3 nitrogen and oxygen atoms in total. The Balaban J connectivity index is 1.45. The molecule has 0 heterocycles. The molecule has 4 N–H and O–H groups in total. The molecule has 0 aromatic carbocycles. The lowest BCUT2D eigenvalue weighted by Gasteiger charge is -2.62. The van der Waals surface area contributed by atoms with Crippen molar-refractivity contribution in [2.75, 3.05) is 13.1 Å². The van der Waals surface area contributed by atoms with Crippen LogP contribution < -0.4 is 11.1 Å². The largest absolute Gasteiger partial charge is 0.393 e. The molecule has 0 aromatic rings. The van der Waals surface area contributed by atoms with Crippen molar-refractivity contribution in [1.29, 1.82) is 0 Å². The Morgan fingerprint density at radius 3 is 2.34 bits per heavy atom. The number of aliphatic hydroxyl groups excluding tert-OH is 1. The summed E-state index contributed by atoms with van der Waals surface area (Å²) in [7, 11) is 0. The fourth-order valence-electron chi connectivity index (χ4n) is 9.80. The summed E-state index contributed by atoms with van der Waals surface area (Å²) in [5.41, 5.74) is 6.59. The van der Waals surface area contributed by atoms with Gasteiger partial charge in [0.15, 0.2) is 0 Å². The molecule has 4 unspecified atom stereocenters. The topological polar surface area (TPSA) is 58.3 Å². The smallest absolute Gasteiger partial charge is 0.0577 e. The molecule has 0 radical (unpaired) electrons. The molecular weight excluding hydrogens is 392 g/mol. The van der Waals surface area contributed by atoms with E-state index in [1.807, 2.05) is 0 Å². The highest BCUT2D eigenvalue weighted by molar-refractivity contribution is 5.11. The van der Waals surface area contributed by atoms with Crippen LogP contribution in [0.4, 0.5) is 0 Å². The van der Waals surface area contributed by atoms with Crippen molar-refractivity contribution in [1.82, 2.24) is 5.32 Å². The second kappa shape index (κ2) is 9.86. The first kappa shape index (κ1) is 25.0. The number of nitrogens with one attached hydrogen (secondary N) is 1. The minimum atomic E-state index is -0.103. The third-order valence-corrected chi connectivity index (χ3v) is 11.5. The fraction of sp³-hybridized carbons (Fsp3) is 1.00. The maximum Gasteiger partial charge on any atom is 0.0577 e. The highest BCUT2D eigenvalue weighted by atomic mass is 16.3. The Kier molecular flexibility index (Phi) is 7.70. The van der Waals surface area contributed by atoms with Gasteiger partial charge in [-0.15, -0.1) is 0 Å². The van der Waals surface area contributed by atoms with Gasteiger partial charge in [0.25, 0.3) is 0 Å². The van der Waals surface area contributed by atoms with E-state index < -0.39 is 0 Å². The second-order valence-electron chi connectivity index (χ2n) is 13.5. The number of hydrogen-bond acceptors (Lipinski definition) is 3. The molecule has 0 bridgehead atoms. The van der Waals surface area contributed by atoms with Crippen LogP contribution in [-0.2, 0) is 0 Å². The summed E-state index contributed by atoms with van der Waals surface area (Å²) in [4.78, 5) is 0. The third kappa shape index (κ3) is 4.44. The zero-order valence-electron chi connectivity index (χ0n) is 21.9. The van der Waals surface area contributed by atoms with Gasteiger partial charge in [-0.25, -0.2) is 0 Å². The van der Waals surface area contributed by atoms with Crippen molar-refractivity contribution in [3.63, 3.8) is 0 Å². The Bertz CT molecular complexity index is 622. The average Bonchev–Trinajstić information content (AvgIpc) is 3.10. The monoisotopic (exact) mass is 446 g/mol. The molecule has 4 aliphatic rings. The van der Waals surface area contributed by atoms with Crippen LogP contribution in [0.2, 0.25) is 0 Å². The van der Waals surface area contributed by atoms with E-state index in [0.717, 1.165) is 54.9 Å². The molecule has 32 heavy (non-hydrogen) atoms. The molecule has 0 saturated heterocycles. The first-order valence-electron chi connectivity index (χ1n) is 14.3. The number of fused-ring (bicyclic) bond motifs is 5. The highest BCUT2D eigenvalue weighted by Crippen LogP contribution is 2.68. The predicted octanol–water partition coefficient (Wildman–Crippen LogP) is 6.00. The molecule has 186 valence electrons. The maximum absolute atomic E-state index is 11.4. The van der Waals surface area contributed by atoms with E-state index in [4.69, 9.17) is 5.73 Å². The Labute approximate surface area is 199 Å². The first-order valence-corrected chi connectivity index (χ1v) is 14.3. The fourth-order valence-corrected chi connectivity index (χ4v) is 9.80.